The minimum Gasteiger partial charge on any atom is -0.461 e. The molecule has 3 fully saturated rings. The van der Waals surface area contributed by atoms with Gasteiger partial charge in [-0.05, 0) is 108 Å². The van der Waals surface area contributed by atoms with Gasteiger partial charge >= 0.3 is 35.8 Å². The molecule has 0 aliphatic carbocycles. The normalized spacial score (nSPS) is 19.8. The van der Waals surface area contributed by atoms with Crippen molar-refractivity contribution in [2.45, 2.75) is 388 Å². The van der Waals surface area contributed by atoms with Crippen molar-refractivity contribution in [3.63, 3.8) is 0 Å². The molecule has 0 aromatic carbocycles. The SMILES string of the molecule is CC/C=C/C/C=C/C/C=C/CC(CC1OC(=O)C1CCCCCC)OC(=O)C(CC(C)C)NOC.CCCCC/C=C/C/C=C/CC(CC1OC(=O)C1CCCCCC)OC(=O)C(CC(C)C)NOC.CCCCCCCC/C=C/CC(CC1OC(=O)C1CCCCCC)OC(=O)C(CC(C)C)NOC. The topological polar surface area (TPSA) is 222 Å². The van der Waals surface area contributed by atoms with E-state index in [2.05, 4.69) is 172 Å². The smallest absolute Gasteiger partial charge is 0.325 e. The second-order valence-electron chi connectivity index (χ2n) is 30.4. The molecule has 18 heteroatoms. The first-order chi connectivity index (χ1) is 50.8. The number of ether oxygens (including phenoxy) is 6. The Hall–Kier alpha value is -4.98. The fourth-order valence-electron chi connectivity index (χ4n) is 13.1. The van der Waals surface area contributed by atoms with E-state index in [1.807, 2.05) is 0 Å². The Morgan fingerprint density at radius 1 is 0.352 bits per heavy atom. The van der Waals surface area contributed by atoms with Crippen molar-refractivity contribution >= 4 is 35.8 Å². The summed E-state index contributed by atoms with van der Waals surface area (Å²) >= 11 is 0. The van der Waals surface area contributed by atoms with E-state index >= 15 is 0 Å². The van der Waals surface area contributed by atoms with Gasteiger partial charge in [-0.25, -0.2) is 0 Å². The van der Waals surface area contributed by atoms with Crippen LogP contribution in [0, 0.1) is 35.5 Å². The average molecular weight is 1480 g/mol. The number of allylic oxidation sites excluding steroid dienone is 9. The van der Waals surface area contributed by atoms with Gasteiger partial charge in [-0.1, -0.05) is 278 Å². The molecule has 3 rings (SSSR count). The summed E-state index contributed by atoms with van der Waals surface area (Å²) in [5, 5.41) is 0. The van der Waals surface area contributed by atoms with E-state index in [1.165, 1.54) is 118 Å². The molecule has 606 valence electrons. The maximum absolute atomic E-state index is 12.9. The second-order valence-corrected chi connectivity index (χ2v) is 30.4. The van der Waals surface area contributed by atoms with Crippen molar-refractivity contribution in [1.82, 2.24) is 16.4 Å². The van der Waals surface area contributed by atoms with Gasteiger partial charge in [-0.3, -0.25) is 28.8 Å². The lowest BCUT2D eigenvalue weighted by molar-refractivity contribution is -0.191. The molecule has 12 unspecified atom stereocenters. The molecule has 18 nitrogen and oxygen atoms in total. The van der Waals surface area contributed by atoms with Gasteiger partial charge in [0, 0.05) is 38.5 Å². The zero-order chi connectivity index (χ0) is 77.7. The standard InChI is InChI=1S/C29H53NO5.C29H51NO5.C29H49NO5/c3*1-6-8-10-12-13-14-15-16-17-19-24(34-29(32)26(30-33-5)21-23(3)4)22-27-25(28(31)35-27)20-18-11-9-7-2/h16-17,23-27,30H,6-15,18-22H2,1-5H3;13-14,16-17,23-27,30H,6-12,15,18-22H2,1-5H3;8,10,13-14,16-17,23-27,30H,6-7,9,11-12,15,18-22H2,1-5H3/b17-16+;14-13+,17-16+;10-8+,14-13+,17-16+. The number of carbonyl (C=O) groups excluding carboxylic acids is 6. The van der Waals surface area contributed by atoms with Crippen LogP contribution in [0.5, 0.6) is 0 Å². The van der Waals surface area contributed by atoms with Crippen LogP contribution in [0.25, 0.3) is 0 Å². The molecule has 0 bridgehead atoms. The van der Waals surface area contributed by atoms with Crippen LogP contribution in [0.2, 0.25) is 0 Å². The lowest BCUT2D eigenvalue weighted by atomic mass is 9.87. The van der Waals surface area contributed by atoms with Gasteiger partial charge in [0.1, 0.15) is 54.7 Å². The van der Waals surface area contributed by atoms with Crippen LogP contribution in [0.1, 0.15) is 333 Å². The van der Waals surface area contributed by atoms with Crippen molar-refractivity contribution in [1.29, 1.82) is 0 Å². The van der Waals surface area contributed by atoms with Crippen LogP contribution in [-0.4, -0.2) is 112 Å². The highest BCUT2D eigenvalue weighted by Gasteiger charge is 2.46. The summed E-state index contributed by atoms with van der Waals surface area (Å²) in [5.74, 6) is -0.556. The molecule has 0 aromatic heterocycles. The van der Waals surface area contributed by atoms with Crippen LogP contribution in [0.4, 0.5) is 0 Å². The van der Waals surface area contributed by atoms with Gasteiger partial charge in [-0.15, -0.1) is 0 Å². The Morgan fingerprint density at radius 2 is 0.610 bits per heavy atom. The Labute approximate surface area is 638 Å². The van der Waals surface area contributed by atoms with Crippen LogP contribution < -0.4 is 16.4 Å². The van der Waals surface area contributed by atoms with Crippen molar-refractivity contribution in [2.75, 3.05) is 21.3 Å². The zero-order valence-corrected chi connectivity index (χ0v) is 68.8. The fourth-order valence-corrected chi connectivity index (χ4v) is 13.1. The number of hydrogen-bond donors (Lipinski definition) is 3. The second kappa shape index (κ2) is 65.0. The third-order valence-corrected chi connectivity index (χ3v) is 19.2. The van der Waals surface area contributed by atoms with Gasteiger partial charge in [0.05, 0.1) is 39.1 Å². The Bertz CT molecular complexity index is 2410. The number of carbonyl (C=O) groups is 6. The minimum absolute atomic E-state index is 0.0660. The van der Waals surface area contributed by atoms with Crippen molar-refractivity contribution in [2.24, 2.45) is 35.5 Å². The van der Waals surface area contributed by atoms with E-state index in [0.717, 1.165) is 96.3 Å². The first-order valence-corrected chi connectivity index (χ1v) is 41.8. The Kier molecular flexibility index (Phi) is 60.6. The van der Waals surface area contributed by atoms with E-state index in [0.29, 0.717) is 75.5 Å². The van der Waals surface area contributed by atoms with Crippen LogP contribution in [0.3, 0.4) is 0 Å². The summed E-state index contributed by atoms with van der Waals surface area (Å²) in [6.45, 7) is 25.5. The molecule has 0 spiro atoms. The molecular formula is C87H153N3O15. The van der Waals surface area contributed by atoms with Crippen LogP contribution in [0.15, 0.2) is 72.9 Å². The molecule has 3 saturated heterocycles. The van der Waals surface area contributed by atoms with Crippen molar-refractivity contribution in [3.8, 4) is 0 Å². The van der Waals surface area contributed by atoms with Gasteiger partial charge in [0.15, 0.2) is 0 Å². The molecule has 3 N–H and O–H groups in total. The highest BCUT2D eigenvalue weighted by Crippen LogP contribution is 2.36. The number of unbranched alkanes of at least 4 members (excludes halogenated alkanes) is 18. The molecule has 0 radical (unpaired) electrons. The maximum Gasteiger partial charge on any atom is 0.325 e. The molecule has 3 aliphatic rings. The van der Waals surface area contributed by atoms with E-state index in [-0.39, 0.29) is 90.2 Å². The van der Waals surface area contributed by atoms with Gasteiger partial charge in [-0.2, -0.15) is 16.4 Å². The van der Waals surface area contributed by atoms with E-state index in [4.69, 9.17) is 42.9 Å². The van der Waals surface area contributed by atoms with E-state index < -0.39 is 18.1 Å². The number of hydroxylamine groups is 3. The monoisotopic (exact) mass is 1480 g/mol. The lowest BCUT2D eigenvalue weighted by Crippen LogP contribution is -2.48. The third-order valence-electron chi connectivity index (χ3n) is 19.2. The molecule has 12 atom stereocenters. The average Bonchev–Trinajstić information content (AvgIpc) is 0.824. The van der Waals surface area contributed by atoms with Gasteiger partial charge < -0.3 is 42.9 Å². The molecule has 0 saturated carbocycles. The summed E-state index contributed by atoms with van der Waals surface area (Å²) in [6, 6.07) is -1.56. The quantitative estimate of drug-likeness (QED) is 0.0169. The predicted molar refractivity (Wildman–Crippen MR) is 425 cm³/mol. The Morgan fingerprint density at radius 3 is 0.914 bits per heavy atom. The predicted octanol–water partition coefficient (Wildman–Crippen LogP) is 20.5. The zero-order valence-electron chi connectivity index (χ0n) is 68.8. The molecular weight excluding hydrogens is 1330 g/mol. The summed E-state index contributed by atoms with van der Waals surface area (Å²) in [5.41, 5.74) is 8.33. The molecule has 3 aliphatic heterocycles. The summed E-state index contributed by atoms with van der Waals surface area (Å²) in [6.07, 6.45) is 63.0. The highest BCUT2D eigenvalue weighted by atomic mass is 16.7. The number of rotatable bonds is 63. The first-order valence-electron chi connectivity index (χ1n) is 41.8. The third kappa shape index (κ3) is 48.2. The summed E-state index contributed by atoms with van der Waals surface area (Å²) in [4.78, 5) is 90.1. The largest absolute Gasteiger partial charge is 0.461 e. The summed E-state index contributed by atoms with van der Waals surface area (Å²) in [7, 11) is 4.52. The summed E-state index contributed by atoms with van der Waals surface area (Å²) < 4.78 is 34.2. The molecule has 0 aromatic rings. The number of esters is 6. The van der Waals surface area contributed by atoms with Gasteiger partial charge in [0.2, 0.25) is 0 Å². The van der Waals surface area contributed by atoms with Crippen molar-refractivity contribution < 1.29 is 71.7 Å². The first kappa shape index (κ1) is 98.0. The van der Waals surface area contributed by atoms with E-state index in [9.17, 15) is 28.8 Å². The molecule has 3 heterocycles. The molecule has 105 heavy (non-hydrogen) atoms. The van der Waals surface area contributed by atoms with Crippen LogP contribution in [-0.2, 0) is 71.7 Å². The number of nitrogens with one attached hydrogen (secondary N) is 3. The number of hydrogen-bond acceptors (Lipinski definition) is 18. The maximum atomic E-state index is 12.9. The highest BCUT2D eigenvalue weighted by molar-refractivity contribution is 5.80. The minimum atomic E-state index is -0.528. The fraction of sp³-hybridized carbons (Fsp3) is 0.793. The molecule has 0 amide bonds. The lowest BCUT2D eigenvalue weighted by Gasteiger charge is -2.37. The van der Waals surface area contributed by atoms with Crippen molar-refractivity contribution in [3.05, 3.63) is 72.9 Å². The van der Waals surface area contributed by atoms with Gasteiger partial charge in [0.25, 0.3) is 0 Å². The van der Waals surface area contributed by atoms with E-state index in [1.54, 1.807) is 0 Å². The van der Waals surface area contributed by atoms with Crippen LogP contribution >= 0.6 is 0 Å². The number of cyclic esters (lactones) is 3. The Balaban J connectivity index is 0.000000787.